The van der Waals surface area contributed by atoms with Crippen molar-refractivity contribution < 1.29 is 0 Å². The maximum Gasteiger partial charge on any atom is 0.0169 e. The van der Waals surface area contributed by atoms with Gasteiger partial charge in [0.1, 0.15) is 0 Å². The molecule has 0 unspecified atom stereocenters. The summed E-state index contributed by atoms with van der Waals surface area (Å²) in [6, 6.07) is 1.62. The predicted molar refractivity (Wildman–Crippen MR) is 53.0 cm³/mol. The van der Waals surface area contributed by atoms with E-state index in [-0.39, 0.29) is 12.4 Å². The summed E-state index contributed by atoms with van der Waals surface area (Å²) in [5.74, 6) is 1.16. The van der Waals surface area contributed by atoms with E-state index in [4.69, 9.17) is 0 Å². The third-order valence-electron chi connectivity index (χ3n) is 2.42. The van der Waals surface area contributed by atoms with Crippen molar-refractivity contribution in [1.82, 2.24) is 0 Å². The minimum Gasteiger partial charge on any atom is -0.147 e. The second-order valence-corrected chi connectivity index (χ2v) is 4.87. The topological polar surface area (TPSA) is 0 Å². The summed E-state index contributed by atoms with van der Waals surface area (Å²) >= 11 is 0. The van der Waals surface area contributed by atoms with Crippen LogP contribution in [0.15, 0.2) is 0 Å². The molecule has 0 bridgehead atoms. The Morgan fingerprint density at radius 1 is 1.20 bits per heavy atom. The highest BCUT2D eigenvalue weighted by Crippen LogP contribution is 2.25. The first-order valence-corrected chi connectivity index (χ1v) is 6.85. The summed E-state index contributed by atoms with van der Waals surface area (Å²) in [4.78, 5) is 0. The van der Waals surface area contributed by atoms with E-state index >= 15 is 0 Å². The number of hydrogen-bond acceptors (Lipinski definition) is 0. The fourth-order valence-corrected chi connectivity index (χ4v) is 3.28. The van der Waals surface area contributed by atoms with Crippen molar-refractivity contribution in [1.29, 1.82) is 0 Å². The molecule has 0 atom stereocenters. The van der Waals surface area contributed by atoms with Gasteiger partial charge in [-0.15, -0.1) is 12.4 Å². The zero-order valence-corrected chi connectivity index (χ0v) is 9.17. The third-order valence-corrected chi connectivity index (χ3v) is 3.82. The van der Waals surface area contributed by atoms with Gasteiger partial charge in [-0.25, -0.2) is 0 Å². The lowest BCUT2D eigenvalue weighted by Gasteiger charge is -2.20. The summed E-state index contributed by atoms with van der Waals surface area (Å²) in [6.07, 6.45) is 7.68. The average molecular weight is 179 g/mol. The molecule has 1 aliphatic carbocycles. The molecule has 0 aliphatic heterocycles. The van der Waals surface area contributed by atoms with Crippen LogP contribution in [0.2, 0.25) is 12.6 Å². The van der Waals surface area contributed by atoms with E-state index in [9.17, 15) is 0 Å². The van der Waals surface area contributed by atoms with Crippen LogP contribution in [-0.2, 0) is 0 Å². The zero-order valence-electron chi connectivity index (χ0n) is 6.94. The second kappa shape index (κ2) is 6.23. The SMILES string of the molecule is C[SiH2]CC1CCCCC1.Cl. The molecule has 1 rings (SSSR count). The predicted octanol–water partition coefficient (Wildman–Crippen LogP) is 2.62. The molecule has 0 amide bonds. The quantitative estimate of drug-likeness (QED) is 0.571. The molecular formula is C8H19ClSi. The Kier molecular flexibility index (Phi) is 6.55. The van der Waals surface area contributed by atoms with Crippen LogP contribution >= 0.6 is 12.4 Å². The van der Waals surface area contributed by atoms with E-state index in [0.717, 1.165) is 5.92 Å². The molecule has 0 aromatic carbocycles. The number of rotatable bonds is 2. The molecule has 0 nitrogen and oxygen atoms in total. The summed E-state index contributed by atoms with van der Waals surface area (Å²) in [6.45, 7) is 2.44. The lowest BCUT2D eigenvalue weighted by Crippen LogP contribution is -2.06. The molecule has 62 valence electrons. The van der Waals surface area contributed by atoms with Gasteiger partial charge in [0.2, 0.25) is 0 Å². The minimum atomic E-state index is 0. The lowest BCUT2D eigenvalue weighted by molar-refractivity contribution is 0.384. The normalized spacial score (nSPS) is 21.3. The Labute approximate surface area is 73.0 Å². The molecule has 1 fully saturated rings. The summed E-state index contributed by atoms with van der Waals surface area (Å²) < 4.78 is 0. The van der Waals surface area contributed by atoms with Gasteiger partial charge in [0.05, 0.1) is 0 Å². The number of halogens is 1. The smallest absolute Gasteiger partial charge is 0.0169 e. The van der Waals surface area contributed by atoms with Gasteiger partial charge < -0.3 is 0 Å². The highest BCUT2D eigenvalue weighted by Gasteiger charge is 2.11. The van der Waals surface area contributed by atoms with E-state index in [2.05, 4.69) is 6.55 Å². The Hall–Kier alpha value is 0.507. The summed E-state index contributed by atoms with van der Waals surface area (Å²) in [5, 5.41) is 0. The number of hydrogen-bond donors (Lipinski definition) is 0. The van der Waals surface area contributed by atoms with E-state index < -0.39 is 0 Å². The standard InChI is InChI=1S/C8H18Si.ClH/c1-9-7-8-5-3-2-4-6-8;/h8H,2-7,9H2,1H3;1H. The first kappa shape index (κ1) is 10.5. The molecule has 0 spiro atoms. The van der Waals surface area contributed by atoms with Crippen LogP contribution in [0.3, 0.4) is 0 Å². The van der Waals surface area contributed by atoms with Gasteiger partial charge in [-0.1, -0.05) is 44.7 Å². The van der Waals surface area contributed by atoms with Crippen LogP contribution in [0.5, 0.6) is 0 Å². The van der Waals surface area contributed by atoms with Crippen LogP contribution in [0, 0.1) is 5.92 Å². The molecule has 0 aromatic heterocycles. The second-order valence-electron chi connectivity index (χ2n) is 3.29. The average Bonchev–Trinajstić information content (AvgIpc) is 1.91. The molecule has 0 saturated heterocycles. The maximum absolute atomic E-state index is 2.44. The summed E-state index contributed by atoms with van der Waals surface area (Å²) in [7, 11) is 0.369. The molecule has 0 radical (unpaired) electrons. The van der Waals surface area contributed by atoms with Gasteiger partial charge >= 0.3 is 0 Å². The fourth-order valence-electron chi connectivity index (χ4n) is 1.88. The van der Waals surface area contributed by atoms with Crippen molar-refractivity contribution >= 4 is 21.9 Å². The molecule has 1 aliphatic rings. The van der Waals surface area contributed by atoms with E-state index in [1.54, 1.807) is 18.9 Å². The van der Waals surface area contributed by atoms with Gasteiger partial charge in [-0.2, -0.15) is 0 Å². The van der Waals surface area contributed by atoms with Gasteiger partial charge in [0, 0.05) is 9.52 Å². The van der Waals surface area contributed by atoms with Gasteiger partial charge in [-0.05, 0) is 5.92 Å². The largest absolute Gasteiger partial charge is 0.147 e. The highest BCUT2D eigenvalue weighted by molar-refractivity contribution is 6.33. The zero-order chi connectivity index (χ0) is 6.53. The Morgan fingerprint density at radius 3 is 2.30 bits per heavy atom. The minimum absolute atomic E-state index is 0. The van der Waals surface area contributed by atoms with E-state index in [0.29, 0.717) is 9.52 Å². The van der Waals surface area contributed by atoms with Gasteiger partial charge in [0.25, 0.3) is 0 Å². The van der Waals surface area contributed by atoms with Crippen molar-refractivity contribution in [3.05, 3.63) is 0 Å². The van der Waals surface area contributed by atoms with Crippen LogP contribution in [0.1, 0.15) is 32.1 Å². The van der Waals surface area contributed by atoms with Crippen LogP contribution in [0.4, 0.5) is 0 Å². The van der Waals surface area contributed by atoms with Crippen molar-refractivity contribution in [3.63, 3.8) is 0 Å². The van der Waals surface area contributed by atoms with Crippen molar-refractivity contribution in [3.8, 4) is 0 Å². The third kappa shape index (κ3) is 3.62. The fraction of sp³-hybridized carbons (Fsp3) is 1.00. The first-order chi connectivity index (χ1) is 4.43. The molecule has 0 N–H and O–H groups in total. The Morgan fingerprint density at radius 2 is 1.80 bits per heavy atom. The molecule has 10 heavy (non-hydrogen) atoms. The van der Waals surface area contributed by atoms with Crippen LogP contribution < -0.4 is 0 Å². The summed E-state index contributed by atoms with van der Waals surface area (Å²) in [5.41, 5.74) is 0. The Balaban J connectivity index is 0.000000810. The molecular weight excluding hydrogens is 160 g/mol. The van der Waals surface area contributed by atoms with E-state index in [1.165, 1.54) is 19.3 Å². The van der Waals surface area contributed by atoms with E-state index in [1.807, 2.05) is 0 Å². The van der Waals surface area contributed by atoms with Crippen LogP contribution in [0.25, 0.3) is 0 Å². The maximum atomic E-state index is 2.44. The first-order valence-electron chi connectivity index (χ1n) is 4.43. The lowest BCUT2D eigenvalue weighted by atomic mass is 9.91. The monoisotopic (exact) mass is 178 g/mol. The van der Waals surface area contributed by atoms with Crippen molar-refractivity contribution in [2.75, 3.05) is 0 Å². The van der Waals surface area contributed by atoms with Crippen molar-refractivity contribution in [2.24, 2.45) is 5.92 Å². The molecule has 0 aromatic rings. The van der Waals surface area contributed by atoms with Gasteiger partial charge in [0.15, 0.2) is 0 Å². The molecule has 1 saturated carbocycles. The highest BCUT2D eigenvalue weighted by atomic mass is 35.5. The molecule has 2 heteroatoms. The Bertz CT molecular complexity index is 66.9. The van der Waals surface area contributed by atoms with Crippen molar-refractivity contribution in [2.45, 2.75) is 44.7 Å². The molecule has 0 heterocycles. The van der Waals surface area contributed by atoms with Gasteiger partial charge in [-0.3, -0.25) is 0 Å². The van der Waals surface area contributed by atoms with Crippen LogP contribution in [-0.4, -0.2) is 9.52 Å².